The van der Waals surface area contributed by atoms with Gasteiger partial charge in [0.05, 0.1) is 17.4 Å². The fourth-order valence-electron chi connectivity index (χ4n) is 3.77. The molecule has 3 rings (SSSR count). The van der Waals surface area contributed by atoms with Crippen molar-refractivity contribution >= 4 is 11.9 Å². The Bertz CT molecular complexity index is 442. The van der Waals surface area contributed by atoms with E-state index in [1.165, 1.54) is 0 Å². The molecular weight excluding hydrogens is 260 g/mol. The van der Waals surface area contributed by atoms with Crippen LogP contribution in [0.15, 0.2) is 0 Å². The first-order valence-electron chi connectivity index (χ1n) is 7.36. The highest BCUT2D eigenvalue weighted by molar-refractivity contribution is 5.78. The number of esters is 2. The van der Waals surface area contributed by atoms with Gasteiger partial charge in [0.25, 0.3) is 0 Å². The number of rotatable bonds is 4. The Labute approximate surface area is 118 Å². The normalized spacial score (nSPS) is 38.5. The van der Waals surface area contributed by atoms with Crippen molar-refractivity contribution < 1.29 is 23.8 Å². The third kappa shape index (κ3) is 2.03. The number of hydrogen-bond donors (Lipinski definition) is 0. The first-order chi connectivity index (χ1) is 9.29. The topological polar surface area (TPSA) is 61.8 Å². The third-order valence-corrected chi connectivity index (χ3v) is 4.50. The molecule has 3 aliphatic heterocycles. The van der Waals surface area contributed by atoms with Gasteiger partial charge in [0.15, 0.2) is 12.2 Å². The van der Waals surface area contributed by atoms with E-state index in [9.17, 15) is 9.59 Å². The molecule has 3 heterocycles. The summed E-state index contributed by atoms with van der Waals surface area (Å²) < 4.78 is 16.7. The second-order valence-corrected chi connectivity index (χ2v) is 7.23. The van der Waals surface area contributed by atoms with E-state index >= 15 is 0 Å². The van der Waals surface area contributed by atoms with Crippen LogP contribution in [0.1, 0.15) is 40.5 Å². The number of carbonyl (C=O) groups is 2. The van der Waals surface area contributed by atoms with Crippen molar-refractivity contribution in [2.24, 2.45) is 17.3 Å². The zero-order valence-electron chi connectivity index (χ0n) is 12.4. The van der Waals surface area contributed by atoms with E-state index in [-0.39, 0.29) is 30.1 Å². The molecule has 112 valence electrons. The fourth-order valence-corrected chi connectivity index (χ4v) is 3.77. The first-order valence-corrected chi connectivity index (χ1v) is 7.36. The maximum Gasteiger partial charge on any atom is 0.312 e. The van der Waals surface area contributed by atoms with E-state index in [1.807, 2.05) is 13.8 Å². The van der Waals surface area contributed by atoms with Crippen LogP contribution < -0.4 is 0 Å². The Kier molecular flexibility index (Phi) is 3.08. The lowest BCUT2D eigenvalue weighted by Crippen LogP contribution is -2.43. The Morgan fingerprint density at radius 2 is 2.10 bits per heavy atom. The highest BCUT2D eigenvalue weighted by Crippen LogP contribution is 2.48. The van der Waals surface area contributed by atoms with Gasteiger partial charge in [0.2, 0.25) is 0 Å². The summed E-state index contributed by atoms with van der Waals surface area (Å²) in [4.78, 5) is 24.0. The molecule has 5 nitrogen and oxygen atoms in total. The van der Waals surface area contributed by atoms with E-state index in [1.54, 1.807) is 0 Å². The van der Waals surface area contributed by atoms with Crippen molar-refractivity contribution in [3.63, 3.8) is 0 Å². The number of ether oxygens (including phenoxy) is 3. The molecule has 2 bridgehead atoms. The van der Waals surface area contributed by atoms with Gasteiger partial charge in [0, 0.05) is 0 Å². The van der Waals surface area contributed by atoms with Gasteiger partial charge < -0.3 is 14.2 Å². The summed E-state index contributed by atoms with van der Waals surface area (Å²) in [5, 5.41) is 0. The van der Waals surface area contributed by atoms with Crippen LogP contribution in [-0.4, -0.2) is 36.4 Å². The van der Waals surface area contributed by atoms with Crippen LogP contribution in [0.25, 0.3) is 0 Å². The summed E-state index contributed by atoms with van der Waals surface area (Å²) in [7, 11) is 0. The van der Waals surface area contributed by atoms with Crippen LogP contribution in [0, 0.1) is 17.3 Å². The van der Waals surface area contributed by atoms with Crippen LogP contribution >= 0.6 is 0 Å². The zero-order valence-corrected chi connectivity index (χ0v) is 12.4. The average molecular weight is 282 g/mol. The molecule has 3 fully saturated rings. The fraction of sp³-hybridized carbons (Fsp3) is 0.867. The van der Waals surface area contributed by atoms with E-state index in [2.05, 4.69) is 13.8 Å². The van der Waals surface area contributed by atoms with Gasteiger partial charge in [-0.2, -0.15) is 0 Å². The van der Waals surface area contributed by atoms with E-state index in [4.69, 9.17) is 14.2 Å². The molecule has 5 unspecified atom stereocenters. The molecule has 3 aliphatic rings. The van der Waals surface area contributed by atoms with Crippen molar-refractivity contribution in [2.45, 2.75) is 65.0 Å². The Morgan fingerprint density at radius 1 is 1.40 bits per heavy atom. The van der Waals surface area contributed by atoms with Crippen molar-refractivity contribution in [1.29, 1.82) is 0 Å². The Morgan fingerprint density at radius 3 is 2.75 bits per heavy atom. The molecule has 0 N–H and O–H groups in total. The smallest absolute Gasteiger partial charge is 0.312 e. The molecule has 0 aromatic carbocycles. The van der Waals surface area contributed by atoms with Crippen LogP contribution in [0.3, 0.4) is 0 Å². The van der Waals surface area contributed by atoms with E-state index < -0.39 is 17.6 Å². The number of hydrogen-bond acceptors (Lipinski definition) is 5. The lowest BCUT2D eigenvalue weighted by molar-refractivity contribution is -0.169. The first kappa shape index (κ1) is 13.9. The summed E-state index contributed by atoms with van der Waals surface area (Å²) in [6.07, 6.45) is 0.161. The van der Waals surface area contributed by atoms with Crippen molar-refractivity contribution in [1.82, 2.24) is 0 Å². The third-order valence-electron chi connectivity index (χ3n) is 4.50. The molecule has 5 heteroatoms. The van der Waals surface area contributed by atoms with Gasteiger partial charge >= 0.3 is 11.9 Å². The highest BCUT2D eigenvalue weighted by Gasteiger charge is 2.65. The monoisotopic (exact) mass is 282 g/mol. The van der Waals surface area contributed by atoms with Crippen molar-refractivity contribution in [2.75, 3.05) is 0 Å². The maximum atomic E-state index is 12.4. The van der Waals surface area contributed by atoms with Crippen molar-refractivity contribution in [3.05, 3.63) is 0 Å². The number of fused-ring (bicyclic) bond motifs is 1. The van der Waals surface area contributed by atoms with Gasteiger partial charge in [-0.05, 0) is 32.6 Å². The molecule has 20 heavy (non-hydrogen) atoms. The van der Waals surface area contributed by atoms with Crippen molar-refractivity contribution in [3.8, 4) is 0 Å². The minimum atomic E-state index is -0.530. The predicted molar refractivity (Wildman–Crippen MR) is 69.8 cm³/mol. The predicted octanol–water partition coefficient (Wildman–Crippen LogP) is 1.68. The van der Waals surface area contributed by atoms with Crippen LogP contribution in [0.2, 0.25) is 0 Å². The summed E-state index contributed by atoms with van der Waals surface area (Å²) in [5.41, 5.74) is -0.530. The van der Waals surface area contributed by atoms with Gasteiger partial charge in [-0.15, -0.1) is 0 Å². The lowest BCUT2D eigenvalue weighted by atomic mass is 9.83. The second-order valence-electron chi connectivity index (χ2n) is 7.23. The van der Waals surface area contributed by atoms with E-state index in [0.29, 0.717) is 12.3 Å². The molecule has 0 aromatic heterocycles. The van der Waals surface area contributed by atoms with Gasteiger partial charge in [-0.1, -0.05) is 13.8 Å². The largest absolute Gasteiger partial charge is 0.455 e. The maximum absolute atomic E-state index is 12.4. The molecule has 0 aliphatic carbocycles. The molecule has 0 aromatic rings. The van der Waals surface area contributed by atoms with Gasteiger partial charge in [-0.3, -0.25) is 9.59 Å². The molecule has 0 saturated carbocycles. The minimum Gasteiger partial charge on any atom is -0.455 e. The standard InChI is InChI=1S/C15H22O5/c1-7(2)6-15(3,4)14(17)20-11-9-5-8-10(18-9)12(11)19-13(8)16/h7-12H,5-6H2,1-4H3. The van der Waals surface area contributed by atoms with Crippen LogP contribution in [-0.2, 0) is 23.8 Å². The van der Waals surface area contributed by atoms with Crippen LogP contribution in [0.5, 0.6) is 0 Å². The Balaban J connectivity index is 1.67. The molecule has 5 atom stereocenters. The van der Waals surface area contributed by atoms with Gasteiger partial charge in [-0.25, -0.2) is 0 Å². The molecule has 0 amide bonds. The zero-order chi connectivity index (χ0) is 14.7. The SMILES string of the molecule is CC(C)CC(C)(C)C(=O)OC1C2CC3C(=O)OC1C3O2. The molecular formula is C15H22O5. The quantitative estimate of drug-likeness (QED) is 0.734. The number of carbonyl (C=O) groups excluding carboxylic acids is 2. The minimum absolute atomic E-state index is 0.149. The Hall–Kier alpha value is -1.10. The molecule has 0 spiro atoms. The molecule has 3 saturated heterocycles. The van der Waals surface area contributed by atoms with E-state index in [0.717, 1.165) is 6.42 Å². The summed E-state index contributed by atoms with van der Waals surface area (Å²) in [5.74, 6) is -0.166. The summed E-state index contributed by atoms with van der Waals surface area (Å²) >= 11 is 0. The molecule has 0 radical (unpaired) electrons. The summed E-state index contributed by atoms with van der Waals surface area (Å²) in [6.45, 7) is 7.96. The van der Waals surface area contributed by atoms with Crippen LogP contribution in [0.4, 0.5) is 0 Å². The average Bonchev–Trinajstić information content (AvgIpc) is 2.91. The second kappa shape index (κ2) is 4.45. The summed E-state index contributed by atoms with van der Waals surface area (Å²) in [6, 6.07) is 0. The highest BCUT2D eigenvalue weighted by atomic mass is 16.7. The lowest BCUT2D eigenvalue weighted by Gasteiger charge is -2.29. The van der Waals surface area contributed by atoms with Gasteiger partial charge in [0.1, 0.15) is 6.10 Å².